The van der Waals surface area contributed by atoms with Gasteiger partial charge < -0.3 is 14.2 Å². The molecule has 0 bridgehead atoms. The van der Waals surface area contributed by atoms with Gasteiger partial charge in [-0.2, -0.15) is 0 Å². The minimum absolute atomic E-state index is 0.238. The first-order valence-corrected chi connectivity index (χ1v) is 7.03. The van der Waals surface area contributed by atoms with Gasteiger partial charge in [0.2, 0.25) is 0 Å². The molecule has 4 heteroatoms. The third kappa shape index (κ3) is 2.85. The van der Waals surface area contributed by atoms with E-state index in [1.165, 1.54) is 6.42 Å². The Bertz CT molecular complexity index is 555. The molecule has 2 heterocycles. The standard InChI is InChI=1S/C16H18N2O2/c19-16(18-12-2-1-3-13-18)20-15-8-6-14(7-9-15)17-10-4-5-11-17/h4-11H,1-3,12-13H2. The topological polar surface area (TPSA) is 34.5 Å². The van der Waals surface area contributed by atoms with E-state index in [9.17, 15) is 4.79 Å². The molecular formula is C16H18N2O2. The van der Waals surface area contributed by atoms with Crippen LogP contribution in [0.1, 0.15) is 19.3 Å². The molecule has 0 unspecified atom stereocenters. The summed E-state index contributed by atoms with van der Waals surface area (Å²) in [5.74, 6) is 0.594. The molecule has 0 saturated carbocycles. The van der Waals surface area contributed by atoms with E-state index in [2.05, 4.69) is 0 Å². The van der Waals surface area contributed by atoms with Crippen molar-refractivity contribution >= 4 is 6.09 Å². The number of amides is 1. The molecule has 3 rings (SSSR count). The van der Waals surface area contributed by atoms with Crippen LogP contribution in [0.4, 0.5) is 4.79 Å². The van der Waals surface area contributed by atoms with Crippen molar-refractivity contribution in [1.82, 2.24) is 9.47 Å². The van der Waals surface area contributed by atoms with Crippen LogP contribution in [-0.4, -0.2) is 28.6 Å². The smallest absolute Gasteiger partial charge is 0.410 e. The number of benzene rings is 1. The summed E-state index contributed by atoms with van der Waals surface area (Å²) in [7, 11) is 0. The lowest BCUT2D eigenvalue weighted by molar-refractivity contribution is 0.142. The number of likely N-dealkylation sites (tertiary alicyclic amines) is 1. The molecular weight excluding hydrogens is 252 g/mol. The van der Waals surface area contributed by atoms with Crippen molar-refractivity contribution in [2.45, 2.75) is 19.3 Å². The highest BCUT2D eigenvalue weighted by Gasteiger charge is 2.18. The highest BCUT2D eigenvalue weighted by molar-refractivity contribution is 5.70. The van der Waals surface area contributed by atoms with Crippen molar-refractivity contribution in [3.63, 3.8) is 0 Å². The molecule has 20 heavy (non-hydrogen) atoms. The molecule has 1 aromatic carbocycles. The number of carbonyl (C=O) groups is 1. The van der Waals surface area contributed by atoms with Crippen molar-refractivity contribution in [3.05, 3.63) is 48.8 Å². The Hall–Kier alpha value is -2.23. The van der Waals surface area contributed by atoms with Crippen LogP contribution in [0.2, 0.25) is 0 Å². The van der Waals surface area contributed by atoms with Gasteiger partial charge in [0.15, 0.2) is 0 Å². The van der Waals surface area contributed by atoms with Gasteiger partial charge in [0.05, 0.1) is 0 Å². The van der Waals surface area contributed by atoms with E-state index in [1.54, 1.807) is 4.90 Å². The lowest BCUT2D eigenvalue weighted by Gasteiger charge is -2.25. The average Bonchev–Trinajstić information content (AvgIpc) is 3.03. The number of carbonyl (C=O) groups excluding carboxylic acids is 1. The van der Waals surface area contributed by atoms with Gasteiger partial charge in [-0.25, -0.2) is 4.79 Å². The van der Waals surface area contributed by atoms with Gasteiger partial charge in [0, 0.05) is 31.2 Å². The van der Waals surface area contributed by atoms with E-state index in [0.29, 0.717) is 5.75 Å². The Morgan fingerprint density at radius 1 is 0.950 bits per heavy atom. The molecule has 0 aliphatic carbocycles. The molecule has 1 aliphatic rings. The Balaban J connectivity index is 1.64. The minimum Gasteiger partial charge on any atom is -0.410 e. The molecule has 0 radical (unpaired) electrons. The van der Waals surface area contributed by atoms with Crippen LogP contribution in [0.25, 0.3) is 5.69 Å². The molecule has 1 aliphatic heterocycles. The van der Waals surface area contributed by atoms with Crippen LogP contribution in [0.15, 0.2) is 48.8 Å². The Morgan fingerprint density at radius 2 is 1.60 bits per heavy atom. The summed E-state index contributed by atoms with van der Waals surface area (Å²) in [5, 5.41) is 0. The summed E-state index contributed by atoms with van der Waals surface area (Å²) in [5.41, 5.74) is 1.05. The maximum atomic E-state index is 12.0. The second kappa shape index (κ2) is 5.82. The summed E-state index contributed by atoms with van der Waals surface area (Å²) in [4.78, 5) is 13.8. The Morgan fingerprint density at radius 3 is 2.25 bits per heavy atom. The number of piperidine rings is 1. The summed E-state index contributed by atoms with van der Waals surface area (Å²) >= 11 is 0. The largest absolute Gasteiger partial charge is 0.415 e. The van der Waals surface area contributed by atoms with Gasteiger partial charge in [0.25, 0.3) is 0 Å². The fraction of sp³-hybridized carbons (Fsp3) is 0.312. The predicted octanol–water partition coefficient (Wildman–Crippen LogP) is 3.46. The maximum Gasteiger partial charge on any atom is 0.415 e. The Kier molecular flexibility index (Phi) is 3.72. The lowest BCUT2D eigenvalue weighted by Crippen LogP contribution is -2.37. The molecule has 4 nitrogen and oxygen atoms in total. The summed E-state index contributed by atoms with van der Waals surface area (Å²) < 4.78 is 7.41. The van der Waals surface area contributed by atoms with Crippen molar-refractivity contribution in [3.8, 4) is 11.4 Å². The highest BCUT2D eigenvalue weighted by Crippen LogP contribution is 2.17. The van der Waals surface area contributed by atoms with Gasteiger partial charge in [-0.15, -0.1) is 0 Å². The second-order valence-corrected chi connectivity index (χ2v) is 5.00. The number of hydrogen-bond donors (Lipinski definition) is 0. The minimum atomic E-state index is -0.238. The van der Waals surface area contributed by atoms with Crippen molar-refractivity contribution in [1.29, 1.82) is 0 Å². The van der Waals surface area contributed by atoms with Crippen LogP contribution < -0.4 is 4.74 Å². The van der Waals surface area contributed by atoms with Crippen LogP contribution in [-0.2, 0) is 0 Å². The number of nitrogens with zero attached hydrogens (tertiary/aromatic N) is 2. The van der Waals surface area contributed by atoms with E-state index in [0.717, 1.165) is 31.6 Å². The molecule has 0 atom stereocenters. The predicted molar refractivity (Wildman–Crippen MR) is 77.2 cm³/mol. The third-order valence-electron chi connectivity index (χ3n) is 3.56. The maximum absolute atomic E-state index is 12.0. The third-order valence-corrected chi connectivity index (χ3v) is 3.56. The number of aromatic nitrogens is 1. The van der Waals surface area contributed by atoms with Gasteiger partial charge in [-0.1, -0.05) is 0 Å². The quantitative estimate of drug-likeness (QED) is 0.837. The van der Waals surface area contributed by atoms with Crippen molar-refractivity contribution in [2.24, 2.45) is 0 Å². The van der Waals surface area contributed by atoms with E-state index in [-0.39, 0.29) is 6.09 Å². The van der Waals surface area contributed by atoms with E-state index in [4.69, 9.17) is 4.74 Å². The van der Waals surface area contributed by atoms with E-state index >= 15 is 0 Å². The summed E-state index contributed by atoms with van der Waals surface area (Å²) in [6.45, 7) is 1.61. The van der Waals surface area contributed by atoms with Gasteiger partial charge in [0.1, 0.15) is 5.75 Å². The van der Waals surface area contributed by atoms with Gasteiger partial charge >= 0.3 is 6.09 Å². The molecule has 1 fully saturated rings. The zero-order valence-electron chi connectivity index (χ0n) is 11.4. The normalized spacial score (nSPS) is 15.1. The first-order valence-electron chi connectivity index (χ1n) is 7.03. The molecule has 1 aromatic heterocycles. The number of rotatable bonds is 2. The zero-order chi connectivity index (χ0) is 13.8. The second-order valence-electron chi connectivity index (χ2n) is 5.00. The molecule has 1 amide bonds. The van der Waals surface area contributed by atoms with E-state index < -0.39 is 0 Å². The fourth-order valence-corrected chi connectivity index (χ4v) is 2.43. The number of hydrogen-bond acceptors (Lipinski definition) is 2. The van der Waals surface area contributed by atoms with Gasteiger partial charge in [-0.3, -0.25) is 0 Å². The first kappa shape index (κ1) is 12.8. The molecule has 104 valence electrons. The number of ether oxygens (including phenoxy) is 1. The highest BCUT2D eigenvalue weighted by atomic mass is 16.6. The molecule has 0 spiro atoms. The zero-order valence-corrected chi connectivity index (χ0v) is 11.4. The van der Waals surface area contributed by atoms with Crippen molar-refractivity contribution in [2.75, 3.05) is 13.1 Å². The molecule has 0 N–H and O–H groups in total. The first-order chi connectivity index (χ1) is 9.83. The SMILES string of the molecule is O=C(Oc1ccc(-n2cccc2)cc1)N1CCCCC1. The molecule has 1 saturated heterocycles. The lowest BCUT2D eigenvalue weighted by atomic mass is 10.1. The molecule has 2 aromatic rings. The van der Waals surface area contributed by atoms with Crippen LogP contribution >= 0.6 is 0 Å². The average molecular weight is 270 g/mol. The van der Waals surface area contributed by atoms with Crippen LogP contribution in [0, 0.1) is 0 Å². The summed E-state index contributed by atoms with van der Waals surface area (Å²) in [6, 6.07) is 11.5. The van der Waals surface area contributed by atoms with Crippen LogP contribution in [0.5, 0.6) is 5.75 Å². The van der Waals surface area contributed by atoms with Gasteiger partial charge in [-0.05, 0) is 55.7 Å². The monoisotopic (exact) mass is 270 g/mol. The van der Waals surface area contributed by atoms with Crippen molar-refractivity contribution < 1.29 is 9.53 Å². The van der Waals surface area contributed by atoms with E-state index in [1.807, 2.05) is 53.4 Å². The Labute approximate surface area is 118 Å². The van der Waals surface area contributed by atoms with Crippen LogP contribution in [0.3, 0.4) is 0 Å². The summed E-state index contributed by atoms with van der Waals surface area (Å²) in [6.07, 6.45) is 7.07. The fourth-order valence-electron chi connectivity index (χ4n) is 2.43.